The standard InChI is InChI=1S/C22H17F2N3O2S.4C2H6.CH4/c1-13-7-8-25-20-5-3-15(9-18(13)20)16-10-21(14(2)26-12-16)27-30(28,29)22-6-4-17(23)11-19(22)24;4*1-2;/h3-12,27H,1-2H3;4*1-2H3;1H4. The van der Waals surface area contributed by atoms with Gasteiger partial charge in [-0.25, -0.2) is 17.2 Å². The normalized spacial score (nSPS) is 9.54. The average molecular weight is 562 g/mol. The Balaban J connectivity index is 0. The highest BCUT2D eigenvalue weighted by molar-refractivity contribution is 7.92. The van der Waals surface area contributed by atoms with E-state index < -0.39 is 26.6 Å². The van der Waals surface area contributed by atoms with Crippen LogP contribution in [0, 0.1) is 25.5 Å². The molecule has 0 aliphatic heterocycles. The fraction of sp³-hybridized carbons (Fsp3) is 0.355. The SMILES string of the molecule is C.CC.CC.CC.CC.Cc1ncc(-c2ccc3nccc(C)c3c2)cc1NS(=O)(=O)c1ccc(F)cc1F. The molecule has 2 aromatic carbocycles. The van der Waals surface area contributed by atoms with E-state index >= 15 is 0 Å². The van der Waals surface area contributed by atoms with Gasteiger partial charge in [0.05, 0.1) is 16.9 Å². The van der Waals surface area contributed by atoms with Crippen LogP contribution < -0.4 is 4.72 Å². The van der Waals surface area contributed by atoms with E-state index in [-0.39, 0.29) is 13.1 Å². The number of aryl methyl sites for hydroxylation is 2. The topological polar surface area (TPSA) is 72.0 Å². The van der Waals surface area contributed by atoms with Crippen molar-refractivity contribution in [2.45, 2.75) is 81.6 Å². The highest BCUT2D eigenvalue weighted by Crippen LogP contribution is 2.29. The Morgan fingerprint density at radius 3 is 1.95 bits per heavy atom. The first-order valence-electron chi connectivity index (χ1n) is 13.0. The maximum Gasteiger partial charge on any atom is 0.264 e. The molecular formula is C31H45F2N3O2S. The van der Waals surface area contributed by atoms with Crippen LogP contribution in [0.4, 0.5) is 14.5 Å². The molecule has 0 aliphatic rings. The maximum absolute atomic E-state index is 14.0. The van der Waals surface area contributed by atoms with E-state index in [0.29, 0.717) is 17.3 Å². The molecule has 1 N–H and O–H groups in total. The number of aromatic nitrogens is 2. The number of sulfonamides is 1. The quantitative estimate of drug-likeness (QED) is 0.269. The summed E-state index contributed by atoms with van der Waals surface area (Å²) in [5.74, 6) is -2.02. The number of benzene rings is 2. The van der Waals surface area contributed by atoms with Crippen LogP contribution in [-0.4, -0.2) is 18.4 Å². The number of pyridine rings is 2. The lowest BCUT2D eigenvalue weighted by Crippen LogP contribution is -2.16. The van der Waals surface area contributed by atoms with Crippen LogP contribution in [0.25, 0.3) is 22.0 Å². The van der Waals surface area contributed by atoms with E-state index in [4.69, 9.17) is 0 Å². The predicted molar refractivity (Wildman–Crippen MR) is 164 cm³/mol. The fourth-order valence-corrected chi connectivity index (χ4v) is 4.32. The van der Waals surface area contributed by atoms with Crippen molar-refractivity contribution in [1.82, 2.24) is 9.97 Å². The van der Waals surface area contributed by atoms with E-state index in [0.717, 1.165) is 34.2 Å². The van der Waals surface area contributed by atoms with E-state index in [9.17, 15) is 17.2 Å². The third-order valence-corrected chi connectivity index (χ3v) is 6.21. The van der Waals surface area contributed by atoms with Gasteiger partial charge in [0.25, 0.3) is 10.0 Å². The van der Waals surface area contributed by atoms with Crippen molar-refractivity contribution >= 4 is 26.6 Å². The molecule has 0 amide bonds. The number of anilines is 1. The molecule has 0 unspecified atom stereocenters. The summed E-state index contributed by atoms with van der Waals surface area (Å²) in [6, 6.07) is 11.6. The number of nitrogens with one attached hydrogen (secondary N) is 1. The molecule has 4 aromatic rings. The van der Waals surface area contributed by atoms with Gasteiger partial charge < -0.3 is 0 Å². The number of rotatable bonds is 4. The summed E-state index contributed by atoms with van der Waals surface area (Å²) in [5, 5.41) is 0.978. The van der Waals surface area contributed by atoms with Gasteiger partial charge in [-0.3, -0.25) is 14.7 Å². The maximum atomic E-state index is 14.0. The molecule has 0 spiro atoms. The Bertz CT molecular complexity index is 1390. The minimum atomic E-state index is -4.27. The fourth-order valence-electron chi connectivity index (χ4n) is 3.15. The minimum Gasteiger partial charge on any atom is -0.278 e. The van der Waals surface area contributed by atoms with Gasteiger partial charge in [0.1, 0.15) is 16.5 Å². The van der Waals surface area contributed by atoms with Crippen molar-refractivity contribution in [1.29, 1.82) is 0 Å². The summed E-state index contributed by atoms with van der Waals surface area (Å²) in [6.45, 7) is 19.6. The predicted octanol–water partition coefficient (Wildman–Crippen LogP) is 9.73. The zero-order chi connectivity index (χ0) is 29.5. The van der Waals surface area contributed by atoms with Gasteiger partial charge >= 0.3 is 0 Å². The molecule has 0 aliphatic carbocycles. The van der Waals surface area contributed by atoms with Crippen LogP contribution in [-0.2, 0) is 10.0 Å². The summed E-state index contributed by atoms with van der Waals surface area (Å²) >= 11 is 0. The lowest BCUT2D eigenvalue weighted by molar-refractivity contribution is 0.551. The molecule has 0 bridgehead atoms. The van der Waals surface area contributed by atoms with Gasteiger partial charge in [-0.2, -0.15) is 0 Å². The Morgan fingerprint density at radius 1 is 0.744 bits per heavy atom. The Labute approximate surface area is 234 Å². The summed E-state index contributed by atoms with van der Waals surface area (Å²) < 4.78 is 54.8. The Hall–Kier alpha value is -3.39. The van der Waals surface area contributed by atoms with Crippen molar-refractivity contribution in [2.24, 2.45) is 0 Å². The van der Waals surface area contributed by atoms with Gasteiger partial charge in [-0.15, -0.1) is 0 Å². The number of hydrogen-bond donors (Lipinski definition) is 1. The molecule has 4 rings (SSSR count). The molecule has 2 aromatic heterocycles. The van der Waals surface area contributed by atoms with Gasteiger partial charge in [0.15, 0.2) is 0 Å². The molecule has 39 heavy (non-hydrogen) atoms. The molecule has 0 fully saturated rings. The molecule has 8 heteroatoms. The highest BCUT2D eigenvalue weighted by Gasteiger charge is 2.21. The summed E-state index contributed by atoms with van der Waals surface area (Å²) in [4.78, 5) is 7.97. The second-order valence-corrected chi connectivity index (χ2v) is 8.55. The third kappa shape index (κ3) is 10.0. The second kappa shape index (κ2) is 18.8. The van der Waals surface area contributed by atoms with Crippen LogP contribution in [0.2, 0.25) is 0 Å². The number of halogens is 2. The van der Waals surface area contributed by atoms with Crippen molar-refractivity contribution in [2.75, 3.05) is 4.72 Å². The molecule has 0 saturated carbocycles. The summed E-state index contributed by atoms with van der Waals surface area (Å²) in [7, 11) is -4.27. The largest absolute Gasteiger partial charge is 0.278 e. The lowest BCUT2D eigenvalue weighted by atomic mass is 10.0. The summed E-state index contributed by atoms with van der Waals surface area (Å²) in [5.41, 5.74) is 4.06. The van der Waals surface area contributed by atoms with Gasteiger partial charge in [0.2, 0.25) is 0 Å². The van der Waals surface area contributed by atoms with Crippen LogP contribution in [0.3, 0.4) is 0 Å². The molecule has 0 saturated heterocycles. The molecule has 216 valence electrons. The molecule has 0 atom stereocenters. The molecule has 2 heterocycles. The molecular weight excluding hydrogens is 516 g/mol. The highest BCUT2D eigenvalue weighted by atomic mass is 32.2. The van der Waals surface area contributed by atoms with Gasteiger partial charge in [-0.05, 0) is 61.4 Å². The van der Waals surface area contributed by atoms with Gasteiger partial charge in [0, 0.05) is 29.4 Å². The number of nitrogens with zero attached hydrogens (tertiary/aromatic N) is 2. The first-order valence-corrected chi connectivity index (χ1v) is 14.5. The average Bonchev–Trinajstić information content (AvgIpc) is 2.94. The Morgan fingerprint density at radius 2 is 1.36 bits per heavy atom. The smallest absolute Gasteiger partial charge is 0.264 e. The van der Waals surface area contributed by atoms with Crippen molar-refractivity contribution in [3.63, 3.8) is 0 Å². The van der Waals surface area contributed by atoms with Crippen LogP contribution in [0.15, 0.2) is 65.8 Å². The zero-order valence-electron chi connectivity index (χ0n) is 24.1. The zero-order valence-corrected chi connectivity index (χ0v) is 25.0. The first-order chi connectivity index (χ1) is 18.2. The lowest BCUT2D eigenvalue weighted by Gasteiger charge is -2.13. The van der Waals surface area contributed by atoms with Crippen LogP contribution >= 0.6 is 0 Å². The monoisotopic (exact) mass is 561 g/mol. The molecule has 5 nitrogen and oxygen atoms in total. The van der Waals surface area contributed by atoms with Crippen molar-refractivity contribution in [3.05, 3.63) is 83.8 Å². The third-order valence-electron chi connectivity index (χ3n) is 4.81. The van der Waals surface area contributed by atoms with Crippen LogP contribution in [0.5, 0.6) is 0 Å². The van der Waals surface area contributed by atoms with E-state index in [2.05, 4.69) is 14.7 Å². The minimum absolute atomic E-state index is 0. The first kappa shape index (κ1) is 37.8. The molecule has 0 radical (unpaired) electrons. The van der Waals surface area contributed by atoms with E-state index in [1.165, 1.54) is 0 Å². The van der Waals surface area contributed by atoms with Gasteiger partial charge in [-0.1, -0.05) is 68.9 Å². The number of hydrogen-bond acceptors (Lipinski definition) is 4. The number of fused-ring (bicyclic) bond motifs is 1. The Kier molecular flexibility index (Phi) is 18.2. The van der Waals surface area contributed by atoms with Crippen molar-refractivity contribution in [3.8, 4) is 11.1 Å². The second-order valence-electron chi connectivity index (χ2n) is 6.90. The van der Waals surface area contributed by atoms with E-state index in [1.807, 2.05) is 86.6 Å². The van der Waals surface area contributed by atoms with Crippen LogP contribution in [0.1, 0.15) is 74.1 Å². The summed E-state index contributed by atoms with van der Waals surface area (Å²) in [6.07, 6.45) is 3.38. The van der Waals surface area contributed by atoms with E-state index in [1.54, 1.807) is 25.4 Å². The van der Waals surface area contributed by atoms with Crippen molar-refractivity contribution < 1.29 is 17.2 Å².